The number of rotatable bonds is 42. The summed E-state index contributed by atoms with van der Waals surface area (Å²) < 4.78 is 33.9. The molecule has 0 saturated heterocycles. The number of phosphoric ester groups is 1. The molecular formula is C46H88NO8P. The van der Waals surface area contributed by atoms with Gasteiger partial charge in [-0.3, -0.25) is 14.2 Å². The Balaban J connectivity index is 4.32. The van der Waals surface area contributed by atoms with Crippen molar-refractivity contribution in [1.29, 1.82) is 0 Å². The Labute approximate surface area is 345 Å². The number of unbranched alkanes of at least 4 members (excludes halogenated alkanes) is 24. The number of esters is 2. The van der Waals surface area contributed by atoms with Gasteiger partial charge in [-0.25, -0.2) is 0 Å². The van der Waals surface area contributed by atoms with Gasteiger partial charge in [-0.2, -0.15) is 0 Å². The summed E-state index contributed by atoms with van der Waals surface area (Å²) in [4.78, 5) is 37.6. The van der Waals surface area contributed by atoms with Crippen molar-refractivity contribution in [2.45, 2.75) is 213 Å². The Morgan fingerprint density at radius 1 is 0.536 bits per heavy atom. The number of allylic oxidation sites excluding steroid dienone is 4. The zero-order chi connectivity index (χ0) is 41.4. The number of carbonyl (C=O) groups is 2. The number of ether oxygens (including phenoxy) is 2. The lowest BCUT2D eigenvalue weighted by Crippen LogP contribution is -2.37. The third-order valence-electron chi connectivity index (χ3n) is 9.94. The molecule has 0 radical (unpaired) electrons. The molecule has 0 aromatic rings. The molecule has 330 valence electrons. The van der Waals surface area contributed by atoms with E-state index in [1.165, 1.54) is 116 Å². The Morgan fingerprint density at radius 3 is 1.34 bits per heavy atom. The SMILES string of the molecule is CCCCCC/C=C\CCCCCCCCCC(=O)O[C@H](COC(=O)CCCCCCCCC/C=C\CCCCCCCC)COP(=O)([O-])OCC[N+](C)(C)C. The van der Waals surface area contributed by atoms with Gasteiger partial charge in [0.2, 0.25) is 0 Å². The molecule has 0 aromatic heterocycles. The largest absolute Gasteiger partial charge is 0.756 e. The summed E-state index contributed by atoms with van der Waals surface area (Å²) >= 11 is 0. The molecular weight excluding hydrogens is 725 g/mol. The second-order valence-corrected chi connectivity index (χ2v) is 18.2. The first kappa shape index (κ1) is 54.5. The fourth-order valence-electron chi connectivity index (χ4n) is 6.29. The molecule has 56 heavy (non-hydrogen) atoms. The van der Waals surface area contributed by atoms with Gasteiger partial charge in [0, 0.05) is 12.8 Å². The highest BCUT2D eigenvalue weighted by molar-refractivity contribution is 7.45. The highest BCUT2D eigenvalue weighted by atomic mass is 31.2. The Kier molecular flexibility index (Phi) is 37.9. The molecule has 1 unspecified atom stereocenters. The summed E-state index contributed by atoms with van der Waals surface area (Å²) in [5.74, 6) is -0.839. The minimum absolute atomic E-state index is 0.0311. The molecule has 0 aromatic carbocycles. The van der Waals surface area contributed by atoms with Gasteiger partial charge in [0.15, 0.2) is 6.10 Å². The molecule has 0 N–H and O–H groups in total. The molecule has 0 rings (SSSR count). The summed E-state index contributed by atoms with van der Waals surface area (Å²) in [5, 5.41) is 0. The van der Waals surface area contributed by atoms with Gasteiger partial charge in [-0.1, -0.05) is 154 Å². The van der Waals surface area contributed by atoms with Crippen LogP contribution >= 0.6 is 7.82 Å². The lowest BCUT2D eigenvalue weighted by atomic mass is 10.1. The predicted molar refractivity (Wildman–Crippen MR) is 231 cm³/mol. The van der Waals surface area contributed by atoms with Crippen LogP contribution in [0.15, 0.2) is 24.3 Å². The summed E-state index contributed by atoms with van der Waals surface area (Å²) in [6, 6.07) is 0. The standard InChI is InChI=1S/C46H88NO8P/c1-6-8-10-12-14-16-18-20-22-23-25-26-28-30-32-34-36-38-45(48)52-42-44(43-54-56(50,51)53-41-40-47(3,4)5)55-46(49)39-37-35-33-31-29-27-24-21-19-17-15-13-11-9-7-2/h17,19-20,22,44H,6-16,18,21,23-43H2,1-5H3/b19-17-,22-20-/t44-/m1/s1. The molecule has 2 atom stereocenters. The van der Waals surface area contributed by atoms with Crippen molar-refractivity contribution in [2.75, 3.05) is 47.5 Å². The van der Waals surface area contributed by atoms with Gasteiger partial charge >= 0.3 is 11.9 Å². The molecule has 0 heterocycles. The van der Waals surface area contributed by atoms with Crippen LogP contribution in [0.25, 0.3) is 0 Å². The molecule has 0 amide bonds. The van der Waals surface area contributed by atoms with Gasteiger partial charge < -0.3 is 27.9 Å². The second kappa shape index (κ2) is 39.0. The van der Waals surface area contributed by atoms with Crippen LogP contribution in [0, 0.1) is 0 Å². The molecule has 0 aliphatic rings. The van der Waals surface area contributed by atoms with E-state index in [2.05, 4.69) is 38.2 Å². The first-order valence-corrected chi connectivity index (χ1v) is 24.5. The maximum atomic E-state index is 12.7. The maximum Gasteiger partial charge on any atom is 0.306 e. The zero-order valence-electron chi connectivity index (χ0n) is 37.1. The fraction of sp³-hybridized carbons (Fsp3) is 0.870. The molecule has 0 bridgehead atoms. The fourth-order valence-corrected chi connectivity index (χ4v) is 7.02. The van der Waals surface area contributed by atoms with Crippen LogP contribution in [0.4, 0.5) is 0 Å². The predicted octanol–water partition coefficient (Wildman–Crippen LogP) is 12.5. The van der Waals surface area contributed by atoms with E-state index < -0.39 is 26.5 Å². The molecule has 0 aliphatic heterocycles. The highest BCUT2D eigenvalue weighted by Gasteiger charge is 2.21. The van der Waals surface area contributed by atoms with Crippen LogP contribution in [0.2, 0.25) is 0 Å². The smallest absolute Gasteiger partial charge is 0.306 e. The van der Waals surface area contributed by atoms with E-state index in [1.807, 2.05) is 21.1 Å². The normalized spacial score (nSPS) is 13.8. The number of phosphoric acid groups is 1. The van der Waals surface area contributed by atoms with Crippen molar-refractivity contribution in [3.63, 3.8) is 0 Å². The zero-order valence-corrected chi connectivity index (χ0v) is 38.0. The summed E-state index contributed by atoms with van der Waals surface area (Å²) in [6.07, 6.45) is 41.9. The van der Waals surface area contributed by atoms with Crippen molar-refractivity contribution in [1.82, 2.24) is 0 Å². The molecule has 10 heteroatoms. The molecule has 0 spiro atoms. The number of nitrogens with zero attached hydrogens (tertiary/aromatic N) is 1. The Hall–Kier alpha value is -1.51. The van der Waals surface area contributed by atoms with E-state index in [9.17, 15) is 19.0 Å². The topological polar surface area (TPSA) is 111 Å². The van der Waals surface area contributed by atoms with Gasteiger partial charge in [0.05, 0.1) is 27.7 Å². The Bertz CT molecular complexity index is 1010. The minimum atomic E-state index is -4.62. The summed E-state index contributed by atoms with van der Waals surface area (Å²) in [5.41, 5.74) is 0. The quantitative estimate of drug-likeness (QED) is 0.0197. The third-order valence-corrected chi connectivity index (χ3v) is 10.9. The number of carbonyl (C=O) groups excluding carboxylic acids is 2. The lowest BCUT2D eigenvalue weighted by Gasteiger charge is -2.28. The summed E-state index contributed by atoms with van der Waals surface area (Å²) in [6.45, 7) is 4.22. The monoisotopic (exact) mass is 814 g/mol. The second-order valence-electron chi connectivity index (χ2n) is 16.8. The van der Waals surface area contributed by atoms with Crippen LogP contribution < -0.4 is 4.89 Å². The molecule has 0 aliphatic carbocycles. The average molecular weight is 814 g/mol. The van der Waals surface area contributed by atoms with Crippen molar-refractivity contribution >= 4 is 19.8 Å². The third kappa shape index (κ3) is 42.1. The van der Waals surface area contributed by atoms with Crippen molar-refractivity contribution in [3.8, 4) is 0 Å². The van der Waals surface area contributed by atoms with E-state index in [-0.39, 0.29) is 32.0 Å². The first-order chi connectivity index (χ1) is 27.0. The first-order valence-electron chi connectivity index (χ1n) is 23.0. The van der Waals surface area contributed by atoms with E-state index in [0.717, 1.165) is 57.8 Å². The van der Waals surface area contributed by atoms with Crippen LogP contribution in [-0.2, 0) is 32.7 Å². The van der Waals surface area contributed by atoms with E-state index in [1.54, 1.807) is 0 Å². The summed E-state index contributed by atoms with van der Waals surface area (Å²) in [7, 11) is 1.16. The molecule has 0 fully saturated rings. The highest BCUT2D eigenvalue weighted by Crippen LogP contribution is 2.38. The van der Waals surface area contributed by atoms with Crippen LogP contribution in [0.1, 0.15) is 206 Å². The van der Waals surface area contributed by atoms with E-state index >= 15 is 0 Å². The van der Waals surface area contributed by atoms with Crippen LogP contribution in [0.5, 0.6) is 0 Å². The van der Waals surface area contributed by atoms with Crippen molar-refractivity contribution < 1.29 is 42.1 Å². The lowest BCUT2D eigenvalue weighted by molar-refractivity contribution is -0.870. The van der Waals surface area contributed by atoms with Crippen molar-refractivity contribution in [3.05, 3.63) is 24.3 Å². The van der Waals surface area contributed by atoms with Crippen molar-refractivity contribution in [2.24, 2.45) is 0 Å². The van der Waals surface area contributed by atoms with Gasteiger partial charge in [-0.15, -0.1) is 0 Å². The van der Waals surface area contributed by atoms with Gasteiger partial charge in [0.1, 0.15) is 19.8 Å². The van der Waals surface area contributed by atoms with Crippen LogP contribution in [-0.4, -0.2) is 70.0 Å². The minimum Gasteiger partial charge on any atom is -0.756 e. The number of hydrogen-bond donors (Lipinski definition) is 0. The van der Waals surface area contributed by atoms with Crippen LogP contribution in [0.3, 0.4) is 0 Å². The number of likely N-dealkylation sites (N-methyl/N-ethyl adjacent to an activating group) is 1. The number of hydrogen-bond acceptors (Lipinski definition) is 8. The van der Waals surface area contributed by atoms with E-state index in [4.69, 9.17) is 18.5 Å². The number of quaternary nitrogens is 1. The maximum absolute atomic E-state index is 12.7. The average Bonchev–Trinajstić information content (AvgIpc) is 3.15. The molecule has 9 nitrogen and oxygen atoms in total. The van der Waals surface area contributed by atoms with Gasteiger partial charge in [0.25, 0.3) is 7.82 Å². The van der Waals surface area contributed by atoms with E-state index in [0.29, 0.717) is 17.4 Å². The Morgan fingerprint density at radius 2 is 0.911 bits per heavy atom. The molecule has 0 saturated carbocycles. The van der Waals surface area contributed by atoms with Gasteiger partial charge in [-0.05, 0) is 64.2 Å².